The van der Waals surface area contributed by atoms with Crippen molar-refractivity contribution in [1.29, 1.82) is 0 Å². The zero-order valence-corrected chi connectivity index (χ0v) is 16.0. The number of nitrogens with zero attached hydrogens (tertiary/aromatic N) is 1. The van der Waals surface area contributed by atoms with E-state index in [2.05, 4.69) is 51.1 Å². The number of carbonyl (C=O) groups is 2. The Kier molecular flexibility index (Phi) is 5.56. The number of benzene rings is 1. The predicted molar refractivity (Wildman–Crippen MR) is 99.9 cm³/mol. The smallest absolute Gasteiger partial charge is 0.294 e. The molecule has 0 aromatic heterocycles. The summed E-state index contributed by atoms with van der Waals surface area (Å²) in [6.07, 6.45) is 6.86. The SMILES string of the molecule is C#CCN1C(=O)SC(=Cc2cc(I)c(OC)c(I)c2)C1=O. The molecule has 2 rings (SSSR count). The first-order valence-electron chi connectivity index (χ1n) is 5.69. The van der Waals surface area contributed by atoms with E-state index in [1.807, 2.05) is 12.1 Å². The lowest BCUT2D eigenvalue weighted by atomic mass is 10.2. The minimum Gasteiger partial charge on any atom is -0.495 e. The molecule has 1 fully saturated rings. The minimum absolute atomic E-state index is 0.000309. The van der Waals surface area contributed by atoms with Gasteiger partial charge in [0.15, 0.2) is 0 Å². The number of ether oxygens (including phenoxy) is 1. The molecule has 108 valence electrons. The molecule has 0 N–H and O–H groups in total. The van der Waals surface area contributed by atoms with Gasteiger partial charge in [0.1, 0.15) is 5.75 Å². The van der Waals surface area contributed by atoms with Crippen LogP contribution in [-0.2, 0) is 4.79 Å². The Bertz CT molecular complexity index is 671. The maximum atomic E-state index is 12.1. The molecule has 7 heteroatoms. The Labute approximate surface area is 153 Å². The molecule has 1 aliphatic heterocycles. The molecule has 2 amide bonds. The van der Waals surface area contributed by atoms with E-state index in [1.165, 1.54) is 0 Å². The van der Waals surface area contributed by atoms with Crippen molar-refractivity contribution < 1.29 is 14.3 Å². The van der Waals surface area contributed by atoms with Gasteiger partial charge in [-0.3, -0.25) is 14.5 Å². The summed E-state index contributed by atoms with van der Waals surface area (Å²) in [5.41, 5.74) is 0.843. The van der Waals surface area contributed by atoms with Crippen LogP contribution in [-0.4, -0.2) is 29.7 Å². The third-order valence-electron chi connectivity index (χ3n) is 2.65. The largest absolute Gasteiger partial charge is 0.495 e. The van der Waals surface area contributed by atoms with E-state index in [0.717, 1.165) is 35.1 Å². The first-order chi connectivity index (χ1) is 9.97. The molecular formula is C14H9I2NO3S. The Balaban J connectivity index is 2.35. The number of amides is 2. The van der Waals surface area contributed by atoms with Crippen LogP contribution in [0.5, 0.6) is 5.75 Å². The third-order valence-corrected chi connectivity index (χ3v) is 5.16. The quantitative estimate of drug-likeness (QED) is 0.344. The van der Waals surface area contributed by atoms with Crippen molar-refractivity contribution in [2.45, 2.75) is 0 Å². The molecule has 1 aromatic rings. The molecule has 0 aliphatic carbocycles. The van der Waals surface area contributed by atoms with E-state index < -0.39 is 0 Å². The summed E-state index contributed by atoms with van der Waals surface area (Å²) in [4.78, 5) is 25.3. The van der Waals surface area contributed by atoms with Gasteiger partial charge in [-0.25, -0.2) is 0 Å². The molecule has 0 spiro atoms. The molecule has 0 saturated carbocycles. The van der Waals surface area contributed by atoms with Crippen LogP contribution in [0.4, 0.5) is 4.79 Å². The van der Waals surface area contributed by atoms with Crippen LogP contribution in [0, 0.1) is 19.5 Å². The highest BCUT2D eigenvalue weighted by Crippen LogP contribution is 2.34. The van der Waals surface area contributed by atoms with E-state index in [9.17, 15) is 9.59 Å². The summed E-state index contributed by atoms with van der Waals surface area (Å²) < 4.78 is 7.18. The summed E-state index contributed by atoms with van der Waals surface area (Å²) in [5.74, 6) is 2.77. The standard InChI is InChI=1S/C14H9I2NO3S/c1-3-4-17-13(18)11(21-14(17)19)7-8-5-9(15)12(20-2)10(16)6-8/h1,5-7H,4H2,2H3. The number of rotatable bonds is 3. The van der Waals surface area contributed by atoms with Crippen molar-refractivity contribution in [3.63, 3.8) is 0 Å². The van der Waals surface area contributed by atoms with Gasteiger partial charge in [-0.2, -0.15) is 0 Å². The third kappa shape index (κ3) is 3.54. The highest BCUT2D eigenvalue weighted by Gasteiger charge is 2.34. The first kappa shape index (κ1) is 16.6. The van der Waals surface area contributed by atoms with Crippen molar-refractivity contribution in [1.82, 2.24) is 4.90 Å². The summed E-state index contributed by atoms with van der Waals surface area (Å²) in [7, 11) is 1.62. The second kappa shape index (κ2) is 7.02. The summed E-state index contributed by atoms with van der Waals surface area (Å²) in [5, 5.41) is -0.331. The highest BCUT2D eigenvalue weighted by molar-refractivity contribution is 14.1. The maximum absolute atomic E-state index is 12.1. The van der Waals surface area contributed by atoms with Crippen molar-refractivity contribution in [2.75, 3.05) is 13.7 Å². The monoisotopic (exact) mass is 525 g/mol. The fourth-order valence-corrected chi connectivity index (χ4v) is 4.83. The van der Waals surface area contributed by atoms with Gasteiger partial charge in [0.2, 0.25) is 0 Å². The van der Waals surface area contributed by atoms with Crippen LogP contribution in [0.25, 0.3) is 6.08 Å². The van der Waals surface area contributed by atoms with Gasteiger partial charge in [0.25, 0.3) is 11.1 Å². The molecular weight excluding hydrogens is 516 g/mol. The van der Waals surface area contributed by atoms with Gasteiger partial charge in [0.05, 0.1) is 25.7 Å². The fraction of sp³-hybridized carbons (Fsp3) is 0.143. The second-order valence-electron chi connectivity index (χ2n) is 3.99. The van der Waals surface area contributed by atoms with Gasteiger partial charge < -0.3 is 4.74 Å². The lowest BCUT2D eigenvalue weighted by molar-refractivity contribution is -0.122. The van der Waals surface area contributed by atoms with Gasteiger partial charge >= 0.3 is 0 Å². The number of halogens is 2. The number of thioether (sulfide) groups is 1. The molecule has 1 heterocycles. The molecule has 21 heavy (non-hydrogen) atoms. The van der Waals surface area contributed by atoms with Crippen LogP contribution in [0.3, 0.4) is 0 Å². The van der Waals surface area contributed by atoms with Crippen LogP contribution < -0.4 is 4.74 Å². The summed E-state index contributed by atoms with van der Waals surface area (Å²) in [6.45, 7) is -0.000309. The molecule has 0 unspecified atom stereocenters. The average Bonchev–Trinajstić information content (AvgIpc) is 2.66. The Morgan fingerprint density at radius 3 is 2.52 bits per heavy atom. The lowest BCUT2D eigenvalue weighted by Crippen LogP contribution is -2.28. The maximum Gasteiger partial charge on any atom is 0.294 e. The molecule has 1 aromatic carbocycles. The van der Waals surface area contributed by atoms with E-state index in [0.29, 0.717) is 4.91 Å². The summed E-state index contributed by atoms with van der Waals surface area (Å²) >= 11 is 5.25. The number of methoxy groups -OCH3 is 1. The average molecular weight is 525 g/mol. The van der Waals surface area contributed by atoms with Crippen molar-refractivity contribution in [3.05, 3.63) is 29.7 Å². The van der Waals surface area contributed by atoms with Crippen LogP contribution in [0.15, 0.2) is 17.0 Å². The predicted octanol–water partition coefficient (Wildman–Crippen LogP) is 3.57. The summed E-state index contributed by atoms with van der Waals surface area (Å²) in [6, 6.07) is 3.80. The van der Waals surface area contributed by atoms with Crippen LogP contribution >= 0.6 is 56.9 Å². The highest BCUT2D eigenvalue weighted by atomic mass is 127. The number of hydrogen-bond acceptors (Lipinski definition) is 4. The van der Waals surface area contributed by atoms with Gasteiger partial charge in [-0.05, 0) is 80.7 Å². The van der Waals surface area contributed by atoms with Crippen molar-refractivity contribution >= 4 is 74.2 Å². The lowest BCUT2D eigenvalue weighted by Gasteiger charge is -2.08. The normalized spacial score (nSPS) is 16.5. The number of carbonyl (C=O) groups excluding carboxylic acids is 2. The molecule has 1 saturated heterocycles. The van der Waals surface area contributed by atoms with Gasteiger partial charge in [-0.1, -0.05) is 5.92 Å². The number of terminal acetylenes is 1. The topological polar surface area (TPSA) is 46.6 Å². The molecule has 1 aliphatic rings. The van der Waals surface area contributed by atoms with Crippen molar-refractivity contribution in [2.24, 2.45) is 0 Å². The van der Waals surface area contributed by atoms with E-state index >= 15 is 0 Å². The van der Waals surface area contributed by atoms with E-state index in [-0.39, 0.29) is 17.7 Å². The van der Waals surface area contributed by atoms with Crippen LogP contribution in [0.1, 0.15) is 5.56 Å². The fourth-order valence-electron chi connectivity index (χ4n) is 1.74. The van der Waals surface area contributed by atoms with E-state index in [4.69, 9.17) is 11.2 Å². The first-order valence-corrected chi connectivity index (χ1v) is 8.67. The Morgan fingerprint density at radius 2 is 2.00 bits per heavy atom. The minimum atomic E-state index is -0.344. The molecule has 0 radical (unpaired) electrons. The molecule has 0 atom stereocenters. The second-order valence-corrected chi connectivity index (χ2v) is 7.31. The van der Waals surface area contributed by atoms with Crippen molar-refractivity contribution in [3.8, 4) is 18.1 Å². The molecule has 0 bridgehead atoms. The Morgan fingerprint density at radius 1 is 1.38 bits per heavy atom. The molecule has 4 nitrogen and oxygen atoms in total. The number of hydrogen-bond donors (Lipinski definition) is 0. The van der Waals surface area contributed by atoms with E-state index in [1.54, 1.807) is 13.2 Å². The number of imide groups is 1. The zero-order chi connectivity index (χ0) is 15.6. The van der Waals surface area contributed by atoms with Crippen LogP contribution in [0.2, 0.25) is 0 Å². The Hall–Kier alpha value is -0.730. The van der Waals surface area contributed by atoms with Gasteiger partial charge in [0, 0.05) is 0 Å². The zero-order valence-electron chi connectivity index (χ0n) is 10.9. The van der Waals surface area contributed by atoms with Gasteiger partial charge in [-0.15, -0.1) is 6.42 Å².